The van der Waals surface area contributed by atoms with Gasteiger partial charge in [0.05, 0.1) is 7.11 Å². The van der Waals surface area contributed by atoms with Crippen LogP contribution in [0.4, 0.5) is 0 Å². The number of methoxy groups -OCH3 is 1. The summed E-state index contributed by atoms with van der Waals surface area (Å²) in [5.41, 5.74) is 1.87. The molecule has 0 spiro atoms. The van der Waals surface area contributed by atoms with Crippen molar-refractivity contribution in [3.63, 3.8) is 0 Å². The highest BCUT2D eigenvalue weighted by atomic mass is 16.5. The number of aliphatic hydroxyl groups is 1. The highest BCUT2D eigenvalue weighted by molar-refractivity contribution is 5.73. The Kier molecular flexibility index (Phi) is 1.94. The van der Waals surface area contributed by atoms with Gasteiger partial charge in [0.15, 0.2) is 5.75 Å². The Labute approximate surface area is 75.9 Å². The molecule has 1 aliphatic carbocycles. The summed E-state index contributed by atoms with van der Waals surface area (Å²) < 4.78 is 10.3. The number of rotatable bonds is 2. The molecule has 1 N–H and O–H groups in total. The summed E-state index contributed by atoms with van der Waals surface area (Å²) in [6.07, 6.45) is 1.51. The van der Waals surface area contributed by atoms with E-state index in [0.717, 1.165) is 11.1 Å². The quantitative estimate of drug-likeness (QED) is 0.763. The van der Waals surface area contributed by atoms with Crippen molar-refractivity contribution in [1.82, 2.24) is 0 Å². The van der Waals surface area contributed by atoms with Crippen molar-refractivity contribution < 1.29 is 14.3 Å². The van der Waals surface area contributed by atoms with Crippen LogP contribution in [0.5, 0.6) is 5.75 Å². The van der Waals surface area contributed by atoms with Crippen molar-refractivity contribution in [1.29, 1.82) is 0 Å². The van der Waals surface area contributed by atoms with Gasteiger partial charge in [-0.2, -0.15) is 0 Å². The highest BCUT2D eigenvalue weighted by Crippen LogP contribution is 2.35. The first-order valence-electron chi connectivity index (χ1n) is 4.00. The lowest BCUT2D eigenvalue weighted by Gasteiger charge is -2.08. The van der Waals surface area contributed by atoms with E-state index in [4.69, 9.17) is 14.3 Å². The normalized spacial score (nSPS) is 10.6. The zero-order valence-electron chi connectivity index (χ0n) is 7.28. The van der Waals surface area contributed by atoms with Crippen LogP contribution in [-0.2, 0) is 6.61 Å². The Morgan fingerprint density at radius 3 is 2.85 bits per heavy atom. The van der Waals surface area contributed by atoms with Crippen LogP contribution in [0.15, 0.2) is 28.9 Å². The molecular formula is C10H10O3. The smallest absolute Gasteiger partial charge is 0.161 e. The maximum Gasteiger partial charge on any atom is 0.161 e. The van der Waals surface area contributed by atoms with E-state index >= 15 is 0 Å². The zero-order valence-corrected chi connectivity index (χ0v) is 7.28. The maximum absolute atomic E-state index is 8.98. The lowest BCUT2D eigenvalue weighted by atomic mass is 10.1. The highest BCUT2D eigenvalue weighted by Gasteiger charge is 2.14. The zero-order chi connectivity index (χ0) is 9.26. The molecule has 3 nitrogen and oxygen atoms in total. The van der Waals surface area contributed by atoms with Crippen LogP contribution in [-0.4, -0.2) is 12.2 Å². The van der Waals surface area contributed by atoms with Gasteiger partial charge in [0.25, 0.3) is 0 Å². The molecular weight excluding hydrogens is 168 g/mol. The van der Waals surface area contributed by atoms with E-state index in [1.165, 1.54) is 6.26 Å². The van der Waals surface area contributed by atoms with Gasteiger partial charge >= 0.3 is 0 Å². The fourth-order valence-electron chi connectivity index (χ4n) is 1.41. The molecule has 0 atom stereocenters. The van der Waals surface area contributed by atoms with Crippen LogP contribution in [0.2, 0.25) is 0 Å². The first kappa shape index (κ1) is 8.13. The van der Waals surface area contributed by atoms with Crippen LogP contribution >= 0.6 is 0 Å². The topological polar surface area (TPSA) is 42.6 Å². The molecule has 1 heterocycles. The Hall–Kier alpha value is -1.48. The van der Waals surface area contributed by atoms with Crippen LogP contribution in [0, 0.1) is 0 Å². The van der Waals surface area contributed by atoms with Crippen molar-refractivity contribution in [3.8, 4) is 16.9 Å². The minimum Gasteiger partial charge on any atom is -0.493 e. The summed E-state index contributed by atoms with van der Waals surface area (Å²) in [5.74, 6) is 1.26. The van der Waals surface area contributed by atoms with Crippen LogP contribution in [0.1, 0.15) is 5.76 Å². The van der Waals surface area contributed by atoms with E-state index in [1.54, 1.807) is 7.11 Å². The van der Waals surface area contributed by atoms with E-state index in [2.05, 4.69) is 0 Å². The first-order valence-corrected chi connectivity index (χ1v) is 4.00. The molecule has 0 aromatic carbocycles. The van der Waals surface area contributed by atoms with Crippen molar-refractivity contribution in [2.24, 2.45) is 0 Å². The minimum atomic E-state index is -0.0928. The van der Waals surface area contributed by atoms with Crippen LogP contribution in [0.3, 0.4) is 0 Å². The summed E-state index contributed by atoms with van der Waals surface area (Å²) in [6, 6.07) is 5.73. The molecule has 0 bridgehead atoms. The van der Waals surface area contributed by atoms with Gasteiger partial charge in [-0.25, -0.2) is 0 Å². The van der Waals surface area contributed by atoms with Crippen molar-refractivity contribution in [2.75, 3.05) is 7.11 Å². The van der Waals surface area contributed by atoms with Gasteiger partial charge in [0.1, 0.15) is 18.6 Å². The summed E-state index contributed by atoms with van der Waals surface area (Å²) in [4.78, 5) is 0. The summed E-state index contributed by atoms with van der Waals surface area (Å²) in [7, 11) is 1.59. The average Bonchev–Trinajstić information content (AvgIpc) is 2.64. The fourth-order valence-corrected chi connectivity index (χ4v) is 1.41. The molecule has 2 aliphatic rings. The van der Waals surface area contributed by atoms with Gasteiger partial charge in [-0.15, -0.1) is 0 Å². The molecule has 0 saturated carbocycles. The second-order valence-electron chi connectivity index (χ2n) is 2.74. The average molecular weight is 178 g/mol. The summed E-state index contributed by atoms with van der Waals surface area (Å²) >= 11 is 0. The predicted octanol–water partition coefficient (Wildman–Crippen LogP) is 1.89. The molecule has 0 amide bonds. The Morgan fingerprint density at radius 1 is 1.38 bits per heavy atom. The van der Waals surface area contributed by atoms with Gasteiger partial charge in [-0.1, -0.05) is 18.2 Å². The van der Waals surface area contributed by atoms with E-state index in [9.17, 15) is 0 Å². The number of hydrogen-bond donors (Lipinski definition) is 1. The lowest BCUT2D eigenvalue weighted by molar-refractivity contribution is 0.242. The molecule has 0 radical (unpaired) electrons. The van der Waals surface area contributed by atoms with Gasteiger partial charge in [0.2, 0.25) is 0 Å². The van der Waals surface area contributed by atoms with Gasteiger partial charge in [-0.05, 0) is 0 Å². The molecule has 0 unspecified atom stereocenters. The molecule has 0 aromatic rings. The molecule has 0 aromatic heterocycles. The van der Waals surface area contributed by atoms with Crippen LogP contribution in [0.25, 0.3) is 11.1 Å². The molecule has 3 heteroatoms. The second-order valence-corrected chi connectivity index (χ2v) is 2.74. The maximum atomic E-state index is 8.98. The van der Waals surface area contributed by atoms with Gasteiger partial charge in [0, 0.05) is 11.1 Å². The molecule has 2 rings (SSSR count). The predicted molar refractivity (Wildman–Crippen MR) is 47.8 cm³/mol. The van der Waals surface area contributed by atoms with E-state index in [0.29, 0.717) is 11.5 Å². The molecule has 1 aliphatic heterocycles. The SMILES string of the molecule is COc1coc(CO)c2cccc1-2. The summed E-state index contributed by atoms with van der Waals surface area (Å²) in [5, 5.41) is 8.98. The van der Waals surface area contributed by atoms with Gasteiger partial charge < -0.3 is 14.3 Å². The number of fused-ring (bicyclic) bond motifs is 1. The fraction of sp³-hybridized carbons (Fsp3) is 0.200. The van der Waals surface area contributed by atoms with Crippen molar-refractivity contribution >= 4 is 0 Å². The minimum absolute atomic E-state index is 0.0928. The second kappa shape index (κ2) is 3.11. The third kappa shape index (κ3) is 1.17. The summed E-state index contributed by atoms with van der Waals surface area (Å²) in [6.45, 7) is -0.0928. The molecule has 0 saturated heterocycles. The van der Waals surface area contributed by atoms with Gasteiger partial charge in [-0.3, -0.25) is 0 Å². The number of ether oxygens (including phenoxy) is 1. The lowest BCUT2D eigenvalue weighted by Crippen LogP contribution is -1.91. The van der Waals surface area contributed by atoms with Crippen molar-refractivity contribution in [2.45, 2.75) is 6.61 Å². The molecule has 13 heavy (non-hydrogen) atoms. The largest absolute Gasteiger partial charge is 0.493 e. The van der Waals surface area contributed by atoms with E-state index in [-0.39, 0.29) is 6.61 Å². The Balaban J connectivity index is 2.63. The Bertz CT molecular complexity index is 343. The molecule has 68 valence electrons. The number of aliphatic hydroxyl groups excluding tert-OH is 1. The Morgan fingerprint density at radius 2 is 2.15 bits per heavy atom. The number of hydrogen-bond acceptors (Lipinski definition) is 3. The molecule has 0 fully saturated rings. The first-order chi connectivity index (χ1) is 6.36. The van der Waals surface area contributed by atoms with Crippen LogP contribution < -0.4 is 4.74 Å². The monoisotopic (exact) mass is 178 g/mol. The third-order valence-electron chi connectivity index (χ3n) is 2.05. The third-order valence-corrected chi connectivity index (χ3v) is 2.05. The van der Waals surface area contributed by atoms with E-state index in [1.807, 2.05) is 18.2 Å². The standard InChI is InChI=1S/C10H10O3/c1-12-10-6-13-9(5-11)7-3-2-4-8(7)10/h2-4,6,11H,5H2,1H3. The van der Waals surface area contributed by atoms with E-state index < -0.39 is 0 Å². The van der Waals surface area contributed by atoms with Crippen molar-refractivity contribution in [3.05, 3.63) is 30.2 Å².